The molecule has 1 aromatic heterocycles. The second kappa shape index (κ2) is 8.07. The number of anilines is 1. The van der Waals surface area contributed by atoms with Crippen molar-refractivity contribution in [2.45, 2.75) is 26.8 Å². The summed E-state index contributed by atoms with van der Waals surface area (Å²) in [7, 11) is 0. The minimum atomic E-state index is -0.569. The lowest BCUT2D eigenvalue weighted by Gasteiger charge is -2.15. The van der Waals surface area contributed by atoms with Gasteiger partial charge in [-0.05, 0) is 37.1 Å². The number of hydrogen-bond donors (Lipinski definition) is 1. The average Bonchev–Trinajstić information content (AvgIpc) is 3.27. The summed E-state index contributed by atoms with van der Waals surface area (Å²) in [5.74, 6) is -0.987. The van der Waals surface area contributed by atoms with Gasteiger partial charge in [-0.25, -0.2) is 0 Å². The number of likely N-dealkylation sites (tertiary alicyclic amines) is 1. The Balaban J connectivity index is 1.49. The second-order valence-electron chi connectivity index (χ2n) is 6.68. The molecule has 3 rings (SSSR count). The maximum Gasteiger partial charge on any atom is 0.311 e. The highest BCUT2D eigenvalue weighted by atomic mass is 16.5. The summed E-state index contributed by atoms with van der Waals surface area (Å²) in [6, 6.07) is 9.22. The maximum absolute atomic E-state index is 12.2. The van der Waals surface area contributed by atoms with Crippen LogP contribution in [-0.2, 0) is 25.7 Å². The lowest BCUT2D eigenvalue weighted by molar-refractivity contribution is -0.151. The molecule has 0 unspecified atom stereocenters. The lowest BCUT2D eigenvalue weighted by Crippen LogP contribution is -2.28. The van der Waals surface area contributed by atoms with E-state index in [1.165, 1.54) is 6.26 Å². The zero-order chi connectivity index (χ0) is 19.4. The number of rotatable bonds is 6. The van der Waals surface area contributed by atoms with Gasteiger partial charge >= 0.3 is 5.97 Å². The minimum Gasteiger partial charge on any atom is -0.467 e. The standard InChI is InChI=1S/C20H22N2O5/c1-13-5-3-6-14(2)19(13)21-17(23)12-27-20(25)15-9-18(24)22(10-15)11-16-7-4-8-26-16/h3-8,15H,9-12H2,1-2H3,(H,21,23)/t15-/m0/s1. The van der Waals surface area contributed by atoms with Crippen LogP contribution in [-0.4, -0.2) is 35.8 Å². The number of benzene rings is 1. The van der Waals surface area contributed by atoms with E-state index in [1.807, 2.05) is 32.0 Å². The topological polar surface area (TPSA) is 88.8 Å². The first-order valence-electron chi connectivity index (χ1n) is 8.77. The van der Waals surface area contributed by atoms with E-state index in [0.717, 1.165) is 16.8 Å². The fraction of sp³-hybridized carbons (Fsp3) is 0.350. The van der Waals surface area contributed by atoms with Gasteiger partial charge in [0.25, 0.3) is 5.91 Å². The van der Waals surface area contributed by atoms with Crippen LogP contribution in [0.15, 0.2) is 41.0 Å². The van der Waals surface area contributed by atoms with E-state index in [9.17, 15) is 14.4 Å². The smallest absolute Gasteiger partial charge is 0.311 e. The maximum atomic E-state index is 12.2. The van der Waals surface area contributed by atoms with Gasteiger partial charge in [0.1, 0.15) is 5.76 Å². The normalized spacial score (nSPS) is 16.4. The van der Waals surface area contributed by atoms with Crippen molar-refractivity contribution in [3.8, 4) is 0 Å². The fourth-order valence-electron chi connectivity index (χ4n) is 3.12. The van der Waals surface area contributed by atoms with Crippen molar-refractivity contribution < 1.29 is 23.5 Å². The Labute approximate surface area is 157 Å². The first-order chi connectivity index (χ1) is 12.9. The van der Waals surface area contributed by atoms with Crippen LogP contribution >= 0.6 is 0 Å². The number of amides is 2. The molecule has 1 aliphatic rings. The van der Waals surface area contributed by atoms with Crippen LogP contribution in [0.1, 0.15) is 23.3 Å². The highest BCUT2D eigenvalue weighted by Crippen LogP contribution is 2.22. The number of carbonyl (C=O) groups is 3. The van der Waals surface area contributed by atoms with Crippen molar-refractivity contribution in [2.24, 2.45) is 5.92 Å². The van der Waals surface area contributed by atoms with Gasteiger partial charge in [-0.3, -0.25) is 14.4 Å². The molecule has 1 aliphatic heterocycles. The van der Waals surface area contributed by atoms with Gasteiger partial charge in [0.15, 0.2) is 6.61 Å². The molecule has 1 fully saturated rings. The highest BCUT2D eigenvalue weighted by Gasteiger charge is 2.35. The quantitative estimate of drug-likeness (QED) is 0.789. The summed E-state index contributed by atoms with van der Waals surface area (Å²) in [4.78, 5) is 37.9. The van der Waals surface area contributed by atoms with E-state index in [0.29, 0.717) is 12.3 Å². The Kier molecular flexibility index (Phi) is 5.59. The zero-order valence-corrected chi connectivity index (χ0v) is 15.4. The zero-order valence-electron chi connectivity index (χ0n) is 15.4. The predicted octanol–water partition coefficient (Wildman–Crippen LogP) is 2.43. The van der Waals surface area contributed by atoms with Crippen LogP contribution in [0.25, 0.3) is 0 Å². The molecule has 0 bridgehead atoms. The van der Waals surface area contributed by atoms with Gasteiger partial charge < -0.3 is 19.4 Å². The summed E-state index contributed by atoms with van der Waals surface area (Å²) in [6.45, 7) is 3.99. The molecule has 27 heavy (non-hydrogen) atoms. The lowest BCUT2D eigenvalue weighted by atomic mass is 10.1. The molecule has 7 nitrogen and oxygen atoms in total. The molecule has 2 heterocycles. The molecule has 0 aliphatic carbocycles. The third-order valence-corrected chi connectivity index (χ3v) is 4.57. The molecule has 142 valence electrons. The van der Waals surface area contributed by atoms with Gasteiger partial charge in [0.2, 0.25) is 5.91 Å². The van der Waals surface area contributed by atoms with Crippen molar-refractivity contribution in [2.75, 3.05) is 18.5 Å². The number of hydrogen-bond acceptors (Lipinski definition) is 5. The monoisotopic (exact) mass is 370 g/mol. The summed E-state index contributed by atoms with van der Waals surface area (Å²) < 4.78 is 10.3. The Morgan fingerprint density at radius 3 is 2.63 bits per heavy atom. The summed E-state index contributed by atoms with van der Waals surface area (Å²) in [5.41, 5.74) is 2.59. The molecule has 1 atom stereocenters. The van der Waals surface area contributed by atoms with Gasteiger partial charge in [0, 0.05) is 18.7 Å². The molecule has 1 aromatic carbocycles. The third-order valence-electron chi connectivity index (χ3n) is 4.57. The molecule has 1 saturated heterocycles. The number of esters is 1. The van der Waals surface area contributed by atoms with Crippen molar-refractivity contribution in [1.82, 2.24) is 4.90 Å². The first-order valence-corrected chi connectivity index (χ1v) is 8.77. The molecule has 0 radical (unpaired) electrons. The average molecular weight is 370 g/mol. The van der Waals surface area contributed by atoms with E-state index in [2.05, 4.69) is 5.32 Å². The molecular weight excluding hydrogens is 348 g/mol. The Morgan fingerprint density at radius 2 is 1.96 bits per heavy atom. The number of aryl methyl sites for hydroxylation is 2. The van der Waals surface area contributed by atoms with Crippen LogP contribution in [0.3, 0.4) is 0 Å². The molecule has 2 amide bonds. The minimum absolute atomic E-state index is 0.0814. The van der Waals surface area contributed by atoms with Crippen LogP contribution in [0.5, 0.6) is 0 Å². The number of furan rings is 1. The Bertz CT molecular complexity index is 824. The second-order valence-corrected chi connectivity index (χ2v) is 6.68. The van der Waals surface area contributed by atoms with E-state index in [1.54, 1.807) is 17.0 Å². The van der Waals surface area contributed by atoms with E-state index in [-0.39, 0.29) is 25.5 Å². The molecular formula is C20H22N2O5. The van der Waals surface area contributed by atoms with E-state index >= 15 is 0 Å². The predicted molar refractivity (Wildman–Crippen MR) is 97.7 cm³/mol. The van der Waals surface area contributed by atoms with Gasteiger partial charge in [-0.15, -0.1) is 0 Å². The van der Waals surface area contributed by atoms with Crippen molar-refractivity contribution in [1.29, 1.82) is 0 Å². The van der Waals surface area contributed by atoms with Gasteiger partial charge in [0.05, 0.1) is 18.7 Å². The number of nitrogens with zero attached hydrogens (tertiary/aromatic N) is 1. The number of para-hydroxylation sites is 1. The van der Waals surface area contributed by atoms with Crippen LogP contribution in [0, 0.1) is 19.8 Å². The Morgan fingerprint density at radius 1 is 1.22 bits per heavy atom. The number of nitrogens with one attached hydrogen (secondary N) is 1. The van der Waals surface area contributed by atoms with Crippen LogP contribution in [0.2, 0.25) is 0 Å². The Hall–Kier alpha value is -3.09. The molecule has 0 spiro atoms. The van der Waals surface area contributed by atoms with Gasteiger partial charge in [-0.1, -0.05) is 18.2 Å². The van der Waals surface area contributed by atoms with Crippen LogP contribution in [0.4, 0.5) is 5.69 Å². The first kappa shape index (κ1) is 18.7. The molecule has 2 aromatic rings. The molecule has 0 saturated carbocycles. The summed E-state index contributed by atoms with van der Waals surface area (Å²) in [5, 5.41) is 2.77. The molecule has 7 heteroatoms. The molecule has 1 N–H and O–H groups in total. The number of ether oxygens (including phenoxy) is 1. The number of carbonyl (C=O) groups excluding carboxylic acids is 3. The van der Waals surface area contributed by atoms with Crippen molar-refractivity contribution >= 4 is 23.5 Å². The highest BCUT2D eigenvalue weighted by molar-refractivity contribution is 5.94. The van der Waals surface area contributed by atoms with Gasteiger partial charge in [-0.2, -0.15) is 0 Å². The van der Waals surface area contributed by atoms with E-state index in [4.69, 9.17) is 9.15 Å². The third kappa shape index (κ3) is 4.55. The van der Waals surface area contributed by atoms with Crippen molar-refractivity contribution in [3.63, 3.8) is 0 Å². The largest absolute Gasteiger partial charge is 0.467 e. The summed E-state index contributed by atoms with van der Waals surface area (Å²) >= 11 is 0. The van der Waals surface area contributed by atoms with Crippen LogP contribution < -0.4 is 5.32 Å². The SMILES string of the molecule is Cc1cccc(C)c1NC(=O)COC(=O)[C@H]1CC(=O)N(Cc2ccco2)C1. The van der Waals surface area contributed by atoms with E-state index < -0.39 is 17.8 Å². The van der Waals surface area contributed by atoms with Crippen molar-refractivity contribution in [3.05, 3.63) is 53.5 Å². The summed E-state index contributed by atoms with van der Waals surface area (Å²) in [6.07, 6.45) is 1.62. The fourth-order valence-corrected chi connectivity index (χ4v) is 3.12.